The Bertz CT molecular complexity index is 905. The van der Waals surface area contributed by atoms with Crippen LogP contribution in [0.3, 0.4) is 0 Å². The molecule has 4 rings (SSSR count). The maximum absolute atomic E-state index is 13.3. The molecule has 4 nitrogen and oxygen atoms in total. The van der Waals surface area contributed by atoms with Crippen LogP contribution >= 0.6 is 0 Å². The number of amides is 1. The van der Waals surface area contributed by atoms with E-state index in [-0.39, 0.29) is 24.3 Å². The summed E-state index contributed by atoms with van der Waals surface area (Å²) in [5, 5.41) is 0. The van der Waals surface area contributed by atoms with Crippen molar-refractivity contribution in [2.45, 2.75) is 31.8 Å². The molecule has 3 aromatic rings. The quantitative estimate of drug-likeness (QED) is 0.687. The summed E-state index contributed by atoms with van der Waals surface area (Å²) in [4.78, 5) is 19.5. The van der Waals surface area contributed by atoms with E-state index in [9.17, 15) is 9.18 Å². The Balaban J connectivity index is 1.55. The highest BCUT2D eigenvalue weighted by Crippen LogP contribution is 2.31. The second kappa shape index (κ2) is 7.74. The maximum atomic E-state index is 13.3. The van der Waals surface area contributed by atoms with Crippen LogP contribution in [0.15, 0.2) is 67.0 Å². The van der Waals surface area contributed by atoms with Crippen LogP contribution in [0.25, 0.3) is 11.4 Å². The summed E-state index contributed by atoms with van der Waals surface area (Å²) in [5.74, 6) is 0.608. The van der Waals surface area contributed by atoms with Crippen LogP contribution in [0.1, 0.15) is 30.9 Å². The third-order valence-corrected chi connectivity index (χ3v) is 5.13. The number of hydrogen-bond donors (Lipinski definition) is 0. The second-order valence-electron chi connectivity index (χ2n) is 6.90. The fraction of sp³-hybridized carbons (Fsp3) is 0.273. The van der Waals surface area contributed by atoms with Gasteiger partial charge < -0.3 is 9.47 Å². The molecule has 1 fully saturated rings. The van der Waals surface area contributed by atoms with Gasteiger partial charge in [0.05, 0.1) is 6.04 Å². The van der Waals surface area contributed by atoms with Gasteiger partial charge in [-0.2, -0.15) is 0 Å². The molecule has 0 aliphatic carbocycles. The van der Waals surface area contributed by atoms with Crippen molar-refractivity contribution in [3.8, 4) is 11.4 Å². The van der Waals surface area contributed by atoms with Gasteiger partial charge >= 0.3 is 0 Å². The van der Waals surface area contributed by atoms with E-state index in [2.05, 4.69) is 4.98 Å². The zero-order valence-corrected chi connectivity index (χ0v) is 15.1. The first-order valence-electron chi connectivity index (χ1n) is 9.34. The van der Waals surface area contributed by atoms with E-state index in [4.69, 9.17) is 0 Å². The van der Waals surface area contributed by atoms with E-state index in [1.54, 1.807) is 18.3 Å². The Hall–Kier alpha value is -2.95. The molecule has 0 bridgehead atoms. The minimum absolute atomic E-state index is 0.00977. The largest absolute Gasteiger partial charge is 0.334 e. The number of hydrogen-bond acceptors (Lipinski definition) is 2. The van der Waals surface area contributed by atoms with Crippen LogP contribution in [0.2, 0.25) is 0 Å². The zero-order valence-electron chi connectivity index (χ0n) is 15.1. The van der Waals surface area contributed by atoms with Crippen molar-refractivity contribution in [2.24, 2.45) is 0 Å². The Morgan fingerprint density at radius 2 is 1.85 bits per heavy atom. The van der Waals surface area contributed by atoms with Crippen molar-refractivity contribution in [3.63, 3.8) is 0 Å². The predicted molar refractivity (Wildman–Crippen MR) is 102 cm³/mol. The number of benzene rings is 2. The normalized spacial score (nSPS) is 17.1. The van der Waals surface area contributed by atoms with Crippen molar-refractivity contribution in [1.29, 1.82) is 0 Å². The highest BCUT2D eigenvalue weighted by molar-refractivity contribution is 5.77. The fourth-order valence-electron chi connectivity index (χ4n) is 3.78. The number of aromatic nitrogens is 2. The van der Waals surface area contributed by atoms with E-state index in [1.165, 1.54) is 12.1 Å². The van der Waals surface area contributed by atoms with Gasteiger partial charge in [0.1, 0.15) is 18.2 Å². The van der Waals surface area contributed by atoms with Crippen LogP contribution in [0.5, 0.6) is 0 Å². The lowest BCUT2D eigenvalue weighted by molar-refractivity contribution is -0.135. The molecule has 2 aromatic carbocycles. The van der Waals surface area contributed by atoms with Crippen LogP contribution in [0, 0.1) is 5.82 Å². The van der Waals surface area contributed by atoms with E-state index in [0.717, 1.165) is 42.8 Å². The molecule has 0 saturated carbocycles. The van der Waals surface area contributed by atoms with Crippen LogP contribution in [-0.4, -0.2) is 26.9 Å². The Labute approximate surface area is 158 Å². The molecule has 2 heterocycles. The molecule has 5 heteroatoms. The maximum Gasteiger partial charge on any atom is 0.243 e. The van der Waals surface area contributed by atoms with E-state index < -0.39 is 0 Å². The van der Waals surface area contributed by atoms with Gasteiger partial charge in [-0.05, 0) is 37.0 Å². The number of halogens is 1. The summed E-state index contributed by atoms with van der Waals surface area (Å²) in [5.41, 5.74) is 1.99. The lowest BCUT2D eigenvalue weighted by Gasteiger charge is -2.36. The number of carbonyl (C=O) groups is 1. The Morgan fingerprint density at radius 1 is 1.07 bits per heavy atom. The highest BCUT2D eigenvalue weighted by Gasteiger charge is 2.28. The van der Waals surface area contributed by atoms with Crippen LogP contribution < -0.4 is 0 Å². The molecule has 0 unspecified atom stereocenters. The predicted octanol–water partition coefficient (Wildman–Crippen LogP) is 4.44. The minimum Gasteiger partial charge on any atom is -0.334 e. The summed E-state index contributed by atoms with van der Waals surface area (Å²) in [6, 6.07) is 16.4. The van der Waals surface area contributed by atoms with Crippen molar-refractivity contribution in [1.82, 2.24) is 14.5 Å². The Morgan fingerprint density at radius 3 is 2.63 bits per heavy atom. The minimum atomic E-state index is -0.252. The van der Waals surface area contributed by atoms with Gasteiger partial charge in [-0.3, -0.25) is 4.79 Å². The van der Waals surface area contributed by atoms with Crippen LogP contribution in [-0.2, 0) is 11.3 Å². The third-order valence-electron chi connectivity index (χ3n) is 5.13. The van der Waals surface area contributed by atoms with Gasteiger partial charge in [-0.15, -0.1) is 0 Å². The second-order valence-corrected chi connectivity index (χ2v) is 6.90. The van der Waals surface area contributed by atoms with Crippen molar-refractivity contribution in [2.75, 3.05) is 6.54 Å². The number of carbonyl (C=O) groups excluding carboxylic acids is 1. The van der Waals surface area contributed by atoms with Gasteiger partial charge in [0, 0.05) is 24.5 Å². The molecule has 27 heavy (non-hydrogen) atoms. The lowest BCUT2D eigenvalue weighted by Crippen LogP contribution is -2.40. The lowest BCUT2D eigenvalue weighted by atomic mass is 9.95. The fourth-order valence-corrected chi connectivity index (χ4v) is 3.78. The highest BCUT2D eigenvalue weighted by atomic mass is 19.1. The first-order valence-corrected chi connectivity index (χ1v) is 9.34. The SMILES string of the molecule is O=C(Cn1ccnc1-c1ccccc1)N1CCCC[C@@H]1c1ccc(F)cc1. The topological polar surface area (TPSA) is 38.1 Å². The average Bonchev–Trinajstić information content (AvgIpc) is 3.17. The summed E-state index contributed by atoms with van der Waals surface area (Å²) >= 11 is 0. The number of piperidine rings is 1. The average molecular weight is 363 g/mol. The monoisotopic (exact) mass is 363 g/mol. The summed E-state index contributed by atoms with van der Waals surface area (Å²) in [7, 11) is 0. The first-order chi connectivity index (χ1) is 13.2. The number of imidazole rings is 1. The van der Waals surface area contributed by atoms with Crippen LogP contribution in [0.4, 0.5) is 4.39 Å². The van der Waals surface area contributed by atoms with Gasteiger partial charge in [0.25, 0.3) is 0 Å². The smallest absolute Gasteiger partial charge is 0.243 e. The first kappa shape index (κ1) is 17.5. The number of nitrogens with zero attached hydrogens (tertiary/aromatic N) is 3. The summed E-state index contributed by atoms with van der Waals surface area (Å²) < 4.78 is 15.2. The molecule has 138 valence electrons. The summed E-state index contributed by atoms with van der Waals surface area (Å²) in [6.07, 6.45) is 6.55. The molecule has 0 spiro atoms. The summed E-state index contributed by atoms with van der Waals surface area (Å²) in [6.45, 7) is 0.984. The van der Waals surface area contributed by atoms with E-state index in [0.29, 0.717) is 0 Å². The molecule has 1 aromatic heterocycles. The number of rotatable bonds is 4. The molecule has 1 saturated heterocycles. The van der Waals surface area contributed by atoms with Crippen molar-refractivity contribution >= 4 is 5.91 Å². The number of likely N-dealkylation sites (tertiary alicyclic amines) is 1. The van der Waals surface area contributed by atoms with Gasteiger partial charge in [-0.1, -0.05) is 42.5 Å². The van der Waals surface area contributed by atoms with Gasteiger partial charge in [0.15, 0.2) is 0 Å². The van der Waals surface area contributed by atoms with Gasteiger partial charge in [-0.25, -0.2) is 9.37 Å². The van der Waals surface area contributed by atoms with Crippen molar-refractivity contribution < 1.29 is 9.18 Å². The zero-order chi connectivity index (χ0) is 18.6. The molecule has 1 atom stereocenters. The molecule has 1 amide bonds. The molecule has 1 aliphatic rings. The Kier molecular flexibility index (Phi) is 5.01. The van der Waals surface area contributed by atoms with E-state index in [1.807, 2.05) is 46.0 Å². The molecule has 0 N–H and O–H groups in total. The molecule has 0 radical (unpaired) electrons. The molecule has 1 aliphatic heterocycles. The van der Waals surface area contributed by atoms with Gasteiger partial charge in [0.2, 0.25) is 5.91 Å². The molecular formula is C22H22FN3O. The third kappa shape index (κ3) is 3.77. The molecular weight excluding hydrogens is 341 g/mol. The van der Waals surface area contributed by atoms with Crippen molar-refractivity contribution in [3.05, 3.63) is 78.4 Å². The standard InChI is InChI=1S/C22H22FN3O/c23-19-11-9-17(10-12-19)20-8-4-5-14-26(20)21(27)16-25-15-13-24-22(25)18-6-2-1-3-7-18/h1-3,6-7,9-13,15,20H,4-5,8,14,16H2/t20-/m1/s1. The van der Waals surface area contributed by atoms with E-state index >= 15 is 0 Å².